The van der Waals surface area contributed by atoms with Gasteiger partial charge in [-0.1, -0.05) is 37.7 Å². The van der Waals surface area contributed by atoms with E-state index in [1.54, 1.807) is 18.9 Å². The molecular formula is C26H32N4O4S. The van der Waals surface area contributed by atoms with E-state index in [4.69, 9.17) is 14.5 Å². The summed E-state index contributed by atoms with van der Waals surface area (Å²) in [6, 6.07) is 7.60. The van der Waals surface area contributed by atoms with E-state index in [9.17, 15) is 9.59 Å². The Labute approximate surface area is 209 Å². The Morgan fingerprint density at radius 2 is 1.91 bits per heavy atom. The molecule has 1 aromatic heterocycles. The van der Waals surface area contributed by atoms with Crippen LogP contribution in [0.3, 0.4) is 0 Å². The van der Waals surface area contributed by atoms with Gasteiger partial charge in [-0.15, -0.1) is 0 Å². The Bertz CT molecular complexity index is 1200. The molecule has 186 valence electrons. The molecule has 0 saturated carbocycles. The number of thioether (sulfide) groups is 1. The Morgan fingerprint density at radius 1 is 1.17 bits per heavy atom. The maximum Gasteiger partial charge on any atom is 0.257 e. The summed E-state index contributed by atoms with van der Waals surface area (Å²) in [5.41, 5.74) is 2.58. The van der Waals surface area contributed by atoms with Crippen LogP contribution in [0.4, 0.5) is 5.82 Å². The molecule has 1 aromatic carbocycles. The average Bonchev–Trinajstić information content (AvgIpc) is 2.83. The number of fused-ring (bicyclic) bond motifs is 1. The fourth-order valence-corrected chi connectivity index (χ4v) is 6.05. The van der Waals surface area contributed by atoms with Crippen LogP contribution < -0.4 is 15.6 Å². The van der Waals surface area contributed by atoms with Gasteiger partial charge in [0.2, 0.25) is 0 Å². The maximum absolute atomic E-state index is 13.4. The van der Waals surface area contributed by atoms with E-state index in [0.717, 1.165) is 62.0 Å². The van der Waals surface area contributed by atoms with Crippen molar-refractivity contribution in [3.05, 3.63) is 57.0 Å². The molecule has 0 bridgehead atoms. The van der Waals surface area contributed by atoms with Crippen LogP contribution in [0.5, 0.6) is 5.75 Å². The molecule has 3 heterocycles. The van der Waals surface area contributed by atoms with E-state index < -0.39 is 5.92 Å². The second kappa shape index (κ2) is 9.79. The lowest BCUT2D eigenvalue weighted by Gasteiger charge is -2.38. The van der Waals surface area contributed by atoms with Crippen molar-refractivity contribution in [1.82, 2.24) is 14.9 Å². The van der Waals surface area contributed by atoms with Crippen molar-refractivity contribution in [2.45, 2.75) is 37.8 Å². The molecule has 1 unspecified atom stereocenters. The van der Waals surface area contributed by atoms with Crippen LogP contribution in [0.2, 0.25) is 0 Å². The van der Waals surface area contributed by atoms with Gasteiger partial charge in [-0.3, -0.25) is 14.5 Å². The molecule has 8 nitrogen and oxygen atoms in total. The fraction of sp³-hybridized carbons (Fsp3) is 0.500. The number of nitrogens with zero attached hydrogens (tertiary/aromatic N) is 2. The Balaban J connectivity index is 1.49. The molecule has 2 aliphatic heterocycles. The number of ketones is 1. The van der Waals surface area contributed by atoms with Gasteiger partial charge in [0.25, 0.3) is 5.56 Å². The molecule has 2 N–H and O–H groups in total. The molecular weight excluding hydrogens is 464 g/mol. The van der Waals surface area contributed by atoms with E-state index in [1.165, 1.54) is 0 Å². The number of methoxy groups -OCH3 is 1. The van der Waals surface area contributed by atoms with Gasteiger partial charge in [-0.25, -0.2) is 4.98 Å². The number of anilines is 1. The summed E-state index contributed by atoms with van der Waals surface area (Å²) in [6.45, 7) is 8.51. The SMILES string of the molecule is COc1ccc(C2C3=C(CC(C)(C)CC3=O)Nc3nc(SCCN4CCOCC4)[nH]c(=O)c32)cc1. The summed E-state index contributed by atoms with van der Waals surface area (Å²) >= 11 is 1.54. The van der Waals surface area contributed by atoms with Gasteiger partial charge in [0.15, 0.2) is 10.9 Å². The molecule has 0 radical (unpaired) electrons. The van der Waals surface area contributed by atoms with Crippen molar-refractivity contribution in [3.8, 4) is 5.75 Å². The van der Waals surface area contributed by atoms with Gasteiger partial charge in [-0.2, -0.15) is 0 Å². The highest BCUT2D eigenvalue weighted by molar-refractivity contribution is 7.99. The van der Waals surface area contributed by atoms with Crippen LogP contribution in [-0.4, -0.2) is 66.4 Å². The van der Waals surface area contributed by atoms with E-state index in [0.29, 0.717) is 28.5 Å². The molecule has 1 fully saturated rings. The van der Waals surface area contributed by atoms with Gasteiger partial charge in [0.05, 0.1) is 25.9 Å². The third-order valence-electron chi connectivity index (χ3n) is 6.90. The first-order chi connectivity index (χ1) is 16.8. The summed E-state index contributed by atoms with van der Waals surface area (Å²) < 4.78 is 10.7. The van der Waals surface area contributed by atoms with Gasteiger partial charge < -0.3 is 19.8 Å². The number of Topliss-reactive ketones (excluding diaryl/α,β-unsaturated/α-hetero) is 1. The predicted molar refractivity (Wildman–Crippen MR) is 136 cm³/mol. The third-order valence-corrected chi connectivity index (χ3v) is 7.75. The summed E-state index contributed by atoms with van der Waals surface area (Å²) in [4.78, 5) is 36.9. The van der Waals surface area contributed by atoms with E-state index >= 15 is 0 Å². The van der Waals surface area contributed by atoms with Crippen molar-refractivity contribution in [3.63, 3.8) is 0 Å². The van der Waals surface area contributed by atoms with Crippen LogP contribution >= 0.6 is 11.8 Å². The minimum absolute atomic E-state index is 0.0820. The van der Waals surface area contributed by atoms with Gasteiger partial charge >= 0.3 is 0 Å². The minimum atomic E-state index is -0.459. The molecule has 1 atom stereocenters. The van der Waals surface area contributed by atoms with Crippen LogP contribution in [0.1, 0.15) is 43.7 Å². The van der Waals surface area contributed by atoms with Gasteiger partial charge in [0, 0.05) is 49.0 Å². The maximum atomic E-state index is 13.4. The lowest BCUT2D eigenvalue weighted by atomic mass is 9.69. The van der Waals surface area contributed by atoms with Crippen LogP contribution in [-0.2, 0) is 9.53 Å². The first kappa shape index (κ1) is 24.1. The zero-order valence-corrected chi connectivity index (χ0v) is 21.3. The minimum Gasteiger partial charge on any atom is -0.497 e. The van der Waals surface area contributed by atoms with Crippen molar-refractivity contribution in [2.75, 3.05) is 51.0 Å². The van der Waals surface area contributed by atoms with Gasteiger partial charge in [0.1, 0.15) is 11.6 Å². The first-order valence-corrected chi connectivity index (χ1v) is 13.1. The molecule has 9 heteroatoms. The standard InChI is InChI=1S/C26H32N4O4S/c1-26(2)14-18-21(19(31)15-26)20(16-4-6-17(33-3)7-5-16)22-23(27-18)28-25(29-24(22)32)35-13-10-30-8-11-34-12-9-30/h4-7,20H,8-15H2,1-3H3,(H2,27,28,29,32). The number of aromatic nitrogens is 2. The Kier molecular flexibility index (Phi) is 6.74. The Hall–Kier alpha value is -2.62. The number of benzene rings is 1. The van der Waals surface area contributed by atoms with E-state index in [1.807, 2.05) is 24.3 Å². The topological polar surface area (TPSA) is 96.5 Å². The number of morpholine rings is 1. The summed E-state index contributed by atoms with van der Waals surface area (Å²) in [5.74, 6) is 1.72. The predicted octanol–water partition coefficient (Wildman–Crippen LogP) is 3.40. The smallest absolute Gasteiger partial charge is 0.257 e. The third kappa shape index (κ3) is 5.03. The molecule has 0 amide bonds. The summed E-state index contributed by atoms with van der Waals surface area (Å²) in [5, 5.41) is 3.98. The van der Waals surface area contributed by atoms with Crippen molar-refractivity contribution in [1.29, 1.82) is 0 Å². The van der Waals surface area contributed by atoms with Crippen LogP contribution in [0.15, 0.2) is 45.5 Å². The molecule has 0 spiro atoms. The number of nitrogens with one attached hydrogen (secondary N) is 2. The highest BCUT2D eigenvalue weighted by Gasteiger charge is 2.42. The van der Waals surface area contributed by atoms with Crippen LogP contribution in [0, 0.1) is 5.41 Å². The number of ether oxygens (including phenoxy) is 2. The quantitative estimate of drug-likeness (QED) is 0.464. The molecule has 1 saturated heterocycles. The zero-order chi connectivity index (χ0) is 24.6. The highest BCUT2D eigenvalue weighted by atomic mass is 32.2. The lowest BCUT2D eigenvalue weighted by Crippen LogP contribution is -2.37. The van der Waals surface area contributed by atoms with Crippen molar-refractivity contribution >= 4 is 23.4 Å². The van der Waals surface area contributed by atoms with Crippen molar-refractivity contribution < 1.29 is 14.3 Å². The molecule has 3 aliphatic rings. The number of H-pyrrole nitrogens is 1. The highest BCUT2D eigenvalue weighted by Crippen LogP contribution is 2.47. The number of allylic oxidation sites excluding steroid dienone is 2. The van der Waals surface area contributed by atoms with E-state index in [-0.39, 0.29) is 16.8 Å². The largest absolute Gasteiger partial charge is 0.497 e. The second-order valence-electron chi connectivity index (χ2n) is 10.1. The lowest BCUT2D eigenvalue weighted by molar-refractivity contribution is -0.118. The first-order valence-electron chi connectivity index (χ1n) is 12.1. The Morgan fingerprint density at radius 3 is 2.63 bits per heavy atom. The van der Waals surface area contributed by atoms with Crippen LogP contribution in [0.25, 0.3) is 0 Å². The number of hydrogen-bond acceptors (Lipinski definition) is 8. The normalized spacial score (nSPS) is 21.8. The second-order valence-corrected chi connectivity index (χ2v) is 11.2. The summed E-state index contributed by atoms with van der Waals surface area (Å²) in [7, 11) is 1.62. The molecule has 5 rings (SSSR count). The van der Waals surface area contributed by atoms with E-state index in [2.05, 4.69) is 29.0 Å². The zero-order valence-electron chi connectivity index (χ0n) is 20.5. The number of carbonyl (C=O) groups excluding carboxylic acids is 1. The molecule has 2 aromatic rings. The number of carbonyl (C=O) groups is 1. The number of hydrogen-bond donors (Lipinski definition) is 2. The fourth-order valence-electron chi connectivity index (χ4n) is 5.19. The van der Waals surface area contributed by atoms with Crippen molar-refractivity contribution in [2.24, 2.45) is 5.41 Å². The average molecular weight is 497 g/mol. The number of rotatable bonds is 6. The molecule has 35 heavy (non-hydrogen) atoms. The van der Waals surface area contributed by atoms with Gasteiger partial charge in [-0.05, 0) is 29.5 Å². The summed E-state index contributed by atoms with van der Waals surface area (Å²) in [6.07, 6.45) is 1.18. The molecule has 1 aliphatic carbocycles. The monoisotopic (exact) mass is 496 g/mol. The number of aromatic amines is 1.